The number of alkyl halides is 1. The van der Waals surface area contributed by atoms with Crippen molar-refractivity contribution >= 4 is 67.2 Å². The van der Waals surface area contributed by atoms with Crippen LogP contribution in [-0.2, 0) is 5.88 Å². The molecule has 0 aliphatic rings. The maximum absolute atomic E-state index is 6.13. The first-order chi connectivity index (χ1) is 6.24. The minimum absolute atomic E-state index is 0.546. The maximum Gasteiger partial charge on any atom is 0.0852 e. The zero-order valence-corrected chi connectivity index (χ0v) is 11.0. The molecule has 0 aliphatic carbocycles. The second-order valence-corrected chi connectivity index (χ2v) is 6.09. The standard InChI is InChI=1S/C9H5Cl2IS/c10-4-5-2-1-3-6-7(11)9(12)13-8(5)6/h1-3H,4H2. The summed E-state index contributed by atoms with van der Waals surface area (Å²) in [6, 6.07) is 6.07. The molecule has 1 aromatic carbocycles. The van der Waals surface area contributed by atoms with Gasteiger partial charge in [-0.1, -0.05) is 29.8 Å². The molecule has 0 amide bonds. The Kier molecular flexibility index (Phi) is 3.03. The number of benzene rings is 1. The number of rotatable bonds is 1. The van der Waals surface area contributed by atoms with Crippen molar-refractivity contribution in [3.63, 3.8) is 0 Å². The van der Waals surface area contributed by atoms with E-state index in [9.17, 15) is 0 Å². The van der Waals surface area contributed by atoms with Gasteiger partial charge in [-0.3, -0.25) is 0 Å². The molecule has 0 unspecified atom stereocenters. The van der Waals surface area contributed by atoms with Crippen LogP contribution in [0.15, 0.2) is 18.2 Å². The van der Waals surface area contributed by atoms with E-state index in [-0.39, 0.29) is 0 Å². The Labute approximate surface area is 104 Å². The normalized spacial score (nSPS) is 11.0. The molecular formula is C9H5Cl2IS. The molecule has 0 saturated carbocycles. The van der Waals surface area contributed by atoms with Gasteiger partial charge in [0.1, 0.15) is 0 Å². The fraction of sp³-hybridized carbons (Fsp3) is 0.111. The largest absolute Gasteiger partial charge is 0.127 e. The molecule has 0 atom stereocenters. The predicted octanol–water partition coefficient (Wildman–Crippen LogP) is 4.90. The van der Waals surface area contributed by atoms with Crippen LogP contribution >= 0.6 is 57.1 Å². The Bertz CT molecular complexity index is 450. The summed E-state index contributed by atoms with van der Waals surface area (Å²) in [5, 5.41) is 1.97. The third kappa shape index (κ3) is 1.69. The van der Waals surface area contributed by atoms with E-state index >= 15 is 0 Å². The minimum atomic E-state index is 0.546. The van der Waals surface area contributed by atoms with Gasteiger partial charge >= 0.3 is 0 Å². The van der Waals surface area contributed by atoms with E-state index in [0.29, 0.717) is 5.88 Å². The van der Waals surface area contributed by atoms with E-state index in [2.05, 4.69) is 22.6 Å². The van der Waals surface area contributed by atoms with Crippen LogP contribution in [0.4, 0.5) is 0 Å². The summed E-state index contributed by atoms with van der Waals surface area (Å²) in [7, 11) is 0. The molecule has 2 rings (SSSR count). The molecule has 0 nitrogen and oxygen atoms in total. The lowest BCUT2D eigenvalue weighted by Gasteiger charge is -1.96. The van der Waals surface area contributed by atoms with Gasteiger partial charge in [-0.25, -0.2) is 0 Å². The van der Waals surface area contributed by atoms with Crippen LogP contribution in [0.3, 0.4) is 0 Å². The highest BCUT2D eigenvalue weighted by Gasteiger charge is 2.09. The Hall–Kier alpha value is 0.490. The van der Waals surface area contributed by atoms with E-state index < -0.39 is 0 Å². The van der Waals surface area contributed by atoms with Crippen LogP contribution < -0.4 is 0 Å². The quantitative estimate of drug-likeness (QED) is 0.511. The average molecular weight is 343 g/mol. The SMILES string of the molecule is ClCc1cccc2c(Cl)c(I)sc12. The number of thiophene rings is 1. The zero-order chi connectivity index (χ0) is 9.42. The van der Waals surface area contributed by atoms with Gasteiger partial charge in [0, 0.05) is 16.0 Å². The summed E-state index contributed by atoms with van der Waals surface area (Å²) in [6.07, 6.45) is 0. The molecule has 4 heteroatoms. The highest BCUT2D eigenvalue weighted by Crippen LogP contribution is 2.38. The third-order valence-corrected chi connectivity index (χ3v) is 5.22. The summed E-state index contributed by atoms with van der Waals surface area (Å²) in [4.78, 5) is 0. The Morgan fingerprint density at radius 2 is 2.15 bits per heavy atom. The molecule has 0 aliphatic heterocycles. The van der Waals surface area contributed by atoms with Crippen molar-refractivity contribution in [2.75, 3.05) is 0 Å². The molecule has 0 radical (unpaired) electrons. The van der Waals surface area contributed by atoms with Crippen LogP contribution in [0, 0.1) is 2.88 Å². The molecule has 1 heterocycles. The van der Waals surface area contributed by atoms with E-state index in [1.165, 1.54) is 4.70 Å². The van der Waals surface area contributed by atoms with Gasteiger partial charge in [-0.05, 0) is 28.2 Å². The number of hydrogen-bond donors (Lipinski definition) is 0. The molecule has 0 saturated heterocycles. The minimum Gasteiger partial charge on any atom is -0.127 e. The predicted molar refractivity (Wildman–Crippen MR) is 69.1 cm³/mol. The van der Waals surface area contributed by atoms with Crippen LogP contribution in [0.2, 0.25) is 5.02 Å². The van der Waals surface area contributed by atoms with Gasteiger partial charge in [0.05, 0.1) is 7.91 Å². The molecule has 68 valence electrons. The molecule has 1 aromatic heterocycles. The molecule has 13 heavy (non-hydrogen) atoms. The number of halogens is 3. The van der Waals surface area contributed by atoms with Crippen molar-refractivity contribution in [1.29, 1.82) is 0 Å². The van der Waals surface area contributed by atoms with Gasteiger partial charge in [-0.2, -0.15) is 0 Å². The van der Waals surface area contributed by atoms with Gasteiger partial charge in [0.15, 0.2) is 0 Å². The molecule has 0 spiro atoms. The van der Waals surface area contributed by atoms with Crippen LogP contribution in [0.1, 0.15) is 5.56 Å². The molecule has 2 aromatic rings. The summed E-state index contributed by atoms with van der Waals surface area (Å²) in [5.41, 5.74) is 1.16. The topological polar surface area (TPSA) is 0 Å². The van der Waals surface area contributed by atoms with Crippen molar-refractivity contribution in [3.05, 3.63) is 31.7 Å². The summed E-state index contributed by atoms with van der Waals surface area (Å²) in [5.74, 6) is 0.546. The number of hydrogen-bond acceptors (Lipinski definition) is 1. The lowest BCUT2D eigenvalue weighted by molar-refractivity contribution is 1.47. The van der Waals surface area contributed by atoms with E-state index in [1.807, 2.05) is 18.2 Å². The highest BCUT2D eigenvalue weighted by molar-refractivity contribution is 14.1. The Morgan fingerprint density at radius 1 is 1.38 bits per heavy atom. The molecule has 0 bridgehead atoms. The van der Waals surface area contributed by atoms with Crippen molar-refractivity contribution in [3.8, 4) is 0 Å². The Balaban J connectivity index is 2.84. The van der Waals surface area contributed by atoms with Crippen molar-refractivity contribution < 1.29 is 0 Å². The monoisotopic (exact) mass is 342 g/mol. The van der Waals surface area contributed by atoms with Crippen molar-refractivity contribution in [1.82, 2.24) is 0 Å². The molecular weight excluding hydrogens is 338 g/mol. The lowest BCUT2D eigenvalue weighted by atomic mass is 10.2. The maximum atomic E-state index is 6.13. The number of fused-ring (bicyclic) bond motifs is 1. The first-order valence-corrected chi connectivity index (χ1v) is 6.46. The van der Waals surface area contributed by atoms with E-state index in [4.69, 9.17) is 23.2 Å². The second kappa shape index (κ2) is 3.93. The summed E-state index contributed by atoms with van der Waals surface area (Å²) >= 11 is 15.9. The second-order valence-electron chi connectivity index (χ2n) is 2.62. The van der Waals surface area contributed by atoms with Crippen LogP contribution in [0.25, 0.3) is 10.1 Å². The smallest absolute Gasteiger partial charge is 0.0852 e. The molecule has 0 fully saturated rings. The van der Waals surface area contributed by atoms with Crippen LogP contribution in [-0.4, -0.2) is 0 Å². The van der Waals surface area contributed by atoms with Gasteiger partial charge in [0.25, 0.3) is 0 Å². The molecule has 0 N–H and O–H groups in total. The fourth-order valence-corrected chi connectivity index (χ4v) is 3.74. The van der Waals surface area contributed by atoms with Gasteiger partial charge in [-0.15, -0.1) is 22.9 Å². The first-order valence-electron chi connectivity index (χ1n) is 3.65. The summed E-state index contributed by atoms with van der Waals surface area (Å²) < 4.78 is 2.35. The third-order valence-electron chi connectivity index (χ3n) is 1.84. The van der Waals surface area contributed by atoms with Gasteiger partial charge in [0.2, 0.25) is 0 Å². The lowest BCUT2D eigenvalue weighted by Crippen LogP contribution is -1.75. The zero-order valence-electron chi connectivity index (χ0n) is 6.48. The van der Waals surface area contributed by atoms with Gasteiger partial charge < -0.3 is 0 Å². The fourth-order valence-electron chi connectivity index (χ4n) is 1.22. The summed E-state index contributed by atoms with van der Waals surface area (Å²) in [6.45, 7) is 0. The van der Waals surface area contributed by atoms with Crippen LogP contribution in [0.5, 0.6) is 0 Å². The Morgan fingerprint density at radius 3 is 2.85 bits per heavy atom. The van der Waals surface area contributed by atoms with E-state index in [0.717, 1.165) is 18.9 Å². The first kappa shape index (κ1) is 10.0. The highest BCUT2D eigenvalue weighted by atomic mass is 127. The van der Waals surface area contributed by atoms with Crippen molar-refractivity contribution in [2.45, 2.75) is 5.88 Å². The average Bonchev–Trinajstić information content (AvgIpc) is 2.43. The van der Waals surface area contributed by atoms with Crippen molar-refractivity contribution in [2.24, 2.45) is 0 Å². The van der Waals surface area contributed by atoms with E-state index in [1.54, 1.807) is 11.3 Å².